The average molecular weight is 675 g/mol. The van der Waals surface area contributed by atoms with Crippen LogP contribution in [-0.2, 0) is 16.2 Å². The summed E-state index contributed by atoms with van der Waals surface area (Å²) in [5.74, 6) is 3.33. The molecule has 49 heavy (non-hydrogen) atoms. The number of hydroxylamine groups is 2. The Bertz CT molecular complexity index is 1570. The first-order valence-electron chi connectivity index (χ1n) is 18.3. The standard InChI is InChI=1S/C40H58N4O5/c1-10-42-21-34-40(23-39(40,5)47)36(33(45)15-14-25-17-29-20-32(24(25)2)38(29,3)4)44(49-34)22-26-12-11-13-31(35(26)48-9)27-16-28(37(46)41-6)19-30(18-27)43(7)8/h11-13,16,18-19,24-25,29,32,34,36,42,47H,10,14-15,17,20-23H2,1-9H3,(H,41,46)/t24-,25+,29+,32+,34+,36-,39?,40-/m1/s1. The number of Topliss-reactive ketones (excluding diaryl/α,β-unsaturated/α-hetero) is 1. The Labute approximate surface area is 293 Å². The second-order valence-electron chi connectivity index (χ2n) is 16.3. The maximum atomic E-state index is 14.5. The number of aliphatic hydroxyl groups is 1. The molecule has 5 fully saturated rings. The van der Waals surface area contributed by atoms with E-state index in [1.165, 1.54) is 12.8 Å². The van der Waals surface area contributed by atoms with Crippen LogP contribution in [0.4, 0.5) is 5.69 Å². The first-order chi connectivity index (χ1) is 23.2. The minimum absolute atomic E-state index is 0.159. The van der Waals surface area contributed by atoms with Crippen molar-refractivity contribution in [2.24, 2.45) is 34.5 Å². The number of carbonyl (C=O) groups is 2. The van der Waals surface area contributed by atoms with Crippen molar-refractivity contribution in [2.45, 2.75) is 91.0 Å². The van der Waals surface area contributed by atoms with Crippen LogP contribution in [0.5, 0.6) is 5.75 Å². The van der Waals surface area contributed by atoms with Crippen molar-refractivity contribution in [3.05, 3.63) is 47.5 Å². The number of rotatable bonds is 13. The lowest BCUT2D eigenvalue weighted by Crippen LogP contribution is -2.55. The number of ketones is 1. The molecule has 2 aromatic carbocycles. The first-order valence-corrected chi connectivity index (χ1v) is 18.3. The molecule has 9 nitrogen and oxygen atoms in total. The van der Waals surface area contributed by atoms with E-state index in [2.05, 4.69) is 38.3 Å². The lowest BCUT2D eigenvalue weighted by Gasteiger charge is -2.62. The number of methoxy groups -OCH3 is 1. The summed E-state index contributed by atoms with van der Waals surface area (Å²) in [6.07, 6.45) is 4.10. The SMILES string of the molecule is CCNC[C@@H]1ON(Cc2cccc(-c3cc(C(=O)NC)cc(N(C)C)c3)c2OC)[C@H](C(=O)CC[C@H]2C[C@H]3C[C@@H]([C@@H]2C)C3(C)C)[C@@]12CC2(C)O. The molecule has 0 radical (unpaired) electrons. The molecule has 1 unspecified atom stereocenters. The molecule has 3 N–H and O–H groups in total. The Balaban J connectivity index is 1.31. The number of benzene rings is 2. The van der Waals surface area contributed by atoms with Crippen molar-refractivity contribution in [2.75, 3.05) is 46.2 Å². The van der Waals surface area contributed by atoms with Crippen LogP contribution < -0.4 is 20.3 Å². The molecule has 268 valence electrons. The summed E-state index contributed by atoms with van der Waals surface area (Å²) in [6.45, 7) is 12.8. The van der Waals surface area contributed by atoms with Crippen LogP contribution >= 0.6 is 0 Å². The van der Waals surface area contributed by atoms with Crippen molar-refractivity contribution in [1.29, 1.82) is 0 Å². The molecule has 1 aliphatic heterocycles. The lowest BCUT2D eigenvalue weighted by molar-refractivity contribution is -0.174. The van der Waals surface area contributed by atoms with E-state index in [-0.39, 0.29) is 17.8 Å². The summed E-state index contributed by atoms with van der Waals surface area (Å²) < 4.78 is 6.09. The molecule has 2 bridgehead atoms. The number of para-hydroxylation sites is 1. The molecule has 1 amide bonds. The van der Waals surface area contributed by atoms with Gasteiger partial charge in [-0.3, -0.25) is 14.4 Å². The number of anilines is 1. The van der Waals surface area contributed by atoms with Crippen molar-refractivity contribution in [3.63, 3.8) is 0 Å². The third-order valence-electron chi connectivity index (χ3n) is 13.1. The van der Waals surface area contributed by atoms with Crippen LogP contribution in [0.15, 0.2) is 36.4 Å². The van der Waals surface area contributed by atoms with E-state index in [9.17, 15) is 14.7 Å². The quantitative estimate of drug-likeness (QED) is 0.249. The van der Waals surface area contributed by atoms with Gasteiger partial charge in [0.05, 0.1) is 24.7 Å². The molecule has 1 spiro atoms. The molecule has 5 aliphatic rings. The van der Waals surface area contributed by atoms with E-state index in [1.807, 2.05) is 67.4 Å². The highest BCUT2D eigenvalue weighted by Crippen LogP contribution is 2.67. The van der Waals surface area contributed by atoms with Crippen LogP contribution in [0.3, 0.4) is 0 Å². The van der Waals surface area contributed by atoms with E-state index >= 15 is 0 Å². The van der Waals surface area contributed by atoms with E-state index in [1.54, 1.807) is 14.2 Å². The van der Waals surface area contributed by atoms with Gasteiger partial charge in [0, 0.05) is 56.5 Å². The predicted octanol–water partition coefficient (Wildman–Crippen LogP) is 5.69. The Kier molecular flexibility index (Phi) is 9.72. The number of amides is 1. The van der Waals surface area contributed by atoms with Gasteiger partial charge < -0.3 is 25.4 Å². The van der Waals surface area contributed by atoms with Crippen LogP contribution in [0, 0.1) is 34.5 Å². The molecule has 8 atom stereocenters. The number of hydrogen-bond acceptors (Lipinski definition) is 8. The molecule has 7 rings (SSSR count). The van der Waals surface area contributed by atoms with Crippen molar-refractivity contribution in [3.8, 4) is 16.9 Å². The monoisotopic (exact) mass is 674 g/mol. The zero-order valence-corrected chi connectivity index (χ0v) is 31.1. The number of hydrogen-bond donors (Lipinski definition) is 3. The van der Waals surface area contributed by atoms with Gasteiger partial charge in [-0.05, 0) is 92.0 Å². The summed E-state index contributed by atoms with van der Waals surface area (Å²) >= 11 is 0. The Morgan fingerprint density at radius 2 is 1.88 bits per heavy atom. The summed E-state index contributed by atoms with van der Waals surface area (Å²) in [4.78, 5) is 35.9. The van der Waals surface area contributed by atoms with Crippen LogP contribution in [-0.4, -0.2) is 80.9 Å². The highest BCUT2D eigenvalue weighted by Gasteiger charge is 2.77. The van der Waals surface area contributed by atoms with E-state index in [0.29, 0.717) is 54.5 Å². The van der Waals surface area contributed by atoms with Gasteiger partial charge in [0.1, 0.15) is 17.9 Å². The molecule has 2 aromatic rings. The number of likely N-dealkylation sites (N-methyl/N-ethyl adjacent to an activating group) is 1. The van der Waals surface area contributed by atoms with Gasteiger partial charge in [0.2, 0.25) is 0 Å². The number of carbonyl (C=O) groups excluding carboxylic acids is 2. The number of nitrogens with one attached hydrogen (secondary N) is 2. The maximum absolute atomic E-state index is 14.5. The third-order valence-corrected chi connectivity index (χ3v) is 13.1. The van der Waals surface area contributed by atoms with Crippen LogP contribution in [0.25, 0.3) is 11.1 Å². The average Bonchev–Trinajstić information content (AvgIpc) is 3.51. The Morgan fingerprint density at radius 1 is 1.14 bits per heavy atom. The number of ether oxygens (including phenoxy) is 1. The third kappa shape index (κ3) is 6.08. The Hall–Kier alpha value is -2.98. The first kappa shape index (κ1) is 35.8. The van der Waals surface area contributed by atoms with Gasteiger partial charge in [0.15, 0.2) is 5.78 Å². The van der Waals surface area contributed by atoms with E-state index < -0.39 is 17.1 Å². The van der Waals surface area contributed by atoms with Crippen LogP contribution in [0.2, 0.25) is 0 Å². The normalized spacial score (nSPS) is 32.9. The number of nitrogens with zero attached hydrogens (tertiary/aromatic N) is 2. The van der Waals surface area contributed by atoms with E-state index in [0.717, 1.165) is 47.2 Å². The number of fused-ring (bicyclic) bond motifs is 2. The molecule has 0 aromatic heterocycles. The minimum atomic E-state index is -0.999. The van der Waals surface area contributed by atoms with Crippen molar-refractivity contribution < 1.29 is 24.3 Å². The highest BCUT2D eigenvalue weighted by atomic mass is 16.7. The predicted molar refractivity (Wildman–Crippen MR) is 193 cm³/mol. The topological polar surface area (TPSA) is 103 Å². The molecular weight excluding hydrogens is 616 g/mol. The minimum Gasteiger partial charge on any atom is -0.496 e. The fraction of sp³-hybridized carbons (Fsp3) is 0.650. The fourth-order valence-electron chi connectivity index (χ4n) is 9.95. The molecule has 1 heterocycles. The molecule has 1 saturated heterocycles. The van der Waals surface area contributed by atoms with Gasteiger partial charge in [-0.2, -0.15) is 5.06 Å². The largest absolute Gasteiger partial charge is 0.496 e. The maximum Gasteiger partial charge on any atom is 0.251 e. The van der Waals surface area contributed by atoms with Gasteiger partial charge in [0.25, 0.3) is 5.91 Å². The fourth-order valence-corrected chi connectivity index (χ4v) is 9.95. The van der Waals surface area contributed by atoms with Crippen molar-refractivity contribution in [1.82, 2.24) is 15.7 Å². The molecule has 4 aliphatic carbocycles. The summed E-state index contributed by atoms with van der Waals surface area (Å²) in [5, 5.41) is 19.6. The van der Waals surface area contributed by atoms with Gasteiger partial charge in [-0.1, -0.05) is 45.9 Å². The van der Waals surface area contributed by atoms with Gasteiger partial charge in [-0.15, -0.1) is 0 Å². The second kappa shape index (κ2) is 13.3. The zero-order chi connectivity index (χ0) is 35.5. The summed E-state index contributed by atoms with van der Waals surface area (Å²) in [7, 11) is 7.19. The summed E-state index contributed by atoms with van der Waals surface area (Å²) in [5.41, 5.74) is 2.77. The van der Waals surface area contributed by atoms with E-state index in [4.69, 9.17) is 9.57 Å². The zero-order valence-electron chi connectivity index (χ0n) is 31.1. The van der Waals surface area contributed by atoms with Crippen molar-refractivity contribution >= 4 is 17.4 Å². The van der Waals surface area contributed by atoms with Gasteiger partial charge in [-0.25, -0.2) is 0 Å². The lowest BCUT2D eigenvalue weighted by atomic mass is 9.43. The highest BCUT2D eigenvalue weighted by molar-refractivity contribution is 5.97. The van der Waals surface area contributed by atoms with Gasteiger partial charge >= 0.3 is 0 Å². The molecule has 9 heteroatoms. The smallest absolute Gasteiger partial charge is 0.251 e. The molecular formula is C40H58N4O5. The molecule has 4 saturated carbocycles. The Morgan fingerprint density at radius 3 is 2.47 bits per heavy atom. The summed E-state index contributed by atoms with van der Waals surface area (Å²) in [6, 6.07) is 11.2. The second-order valence-corrected chi connectivity index (χ2v) is 16.3. The van der Waals surface area contributed by atoms with Crippen LogP contribution in [0.1, 0.15) is 82.6 Å².